The number of nitrogens with zero attached hydrogens (tertiary/aromatic N) is 2. The predicted molar refractivity (Wildman–Crippen MR) is 137 cm³/mol. The van der Waals surface area contributed by atoms with Crippen LogP contribution in [-0.4, -0.2) is 42.9 Å². The van der Waals surface area contributed by atoms with E-state index < -0.39 is 0 Å². The van der Waals surface area contributed by atoms with E-state index in [2.05, 4.69) is 10.2 Å². The molecule has 6 heteroatoms. The number of carbonyl (C=O) groups excluding carboxylic acids is 2. The Hall–Kier alpha value is -3.51. The molecule has 0 bridgehead atoms. The largest absolute Gasteiger partial charge is 0.355 e. The third-order valence-electron chi connectivity index (χ3n) is 6.31. The maximum atomic E-state index is 13.8. The van der Waals surface area contributed by atoms with Crippen molar-refractivity contribution >= 4 is 17.5 Å². The van der Waals surface area contributed by atoms with Gasteiger partial charge in [0.2, 0.25) is 5.91 Å². The van der Waals surface area contributed by atoms with Crippen LogP contribution in [0.3, 0.4) is 0 Å². The second-order valence-corrected chi connectivity index (χ2v) is 8.98. The van der Waals surface area contributed by atoms with Crippen LogP contribution in [0.15, 0.2) is 78.9 Å². The molecule has 0 aromatic heterocycles. The van der Waals surface area contributed by atoms with Gasteiger partial charge < -0.3 is 15.1 Å². The summed E-state index contributed by atoms with van der Waals surface area (Å²) >= 11 is 0. The van der Waals surface area contributed by atoms with Crippen molar-refractivity contribution in [2.24, 2.45) is 0 Å². The number of halogens is 1. The molecule has 35 heavy (non-hydrogen) atoms. The fourth-order valence-corrected chi connectivity index (χ4v) is 4.41. The average molecular weight is 474 g/mol. The van der Waals surface area contributed by atoms with E-state index in [1.807, 2.05) is 42.5 Å². The molecule has 3 aromatic carbocycles. The Labute approximate surface area is 206 Å². The Kier molecular flexibility index (Phi) is 8.63. The number of hydrogen-bond acceptors (Lipinski definition) is 3. The summed E-state index contributed by atoms with van der Waals surface area (Å²) in [4.78, 5) is 29.7. The smallest absolute Gasteiger partial charge is 0.258 e. The lowest BCUT2D eigenvalue weighted by atomic mass is 10.1. The van der Waals surface area contributed by atoms with Gasteiger partial charge in [-0.05, 0) is 73.5 Å². The first-order chi connectivity index (χ1) is 17.1. The molecule has 1 heterocycles. The molecule has 3 aromatic rings. The zero-order chi connectivity index (χ0) is 24.5. The molecular formula is C29H32FN3O2. The van der Waals surface area contributed by atoms with Crippen LogP contribution in [0.4, 0.5) is 10.1 Å². The second-order valence-electron chi connectivity index (χ2n) is 8.98. The Balaban J connectivity index is 1.41. The van der Waals surface area contributed by atoms with E-state index in [-0.39, 0.29) is 30.6 Å². The number of nitrogens with one attached hydrogen (secondary N) is 1. The Bertz CT molecular complexity index is 1110. The van der Waals surface area contributed by atoms with Gasteiger partial charge in [-0.15, -0.1) is 0 Å². The zero-order valence-corrected chi connectivity index (χ0v) is 20.0. The van der Waals surface area contributed by atoms with Crippen molar-refractivity contribution in [2.45, 2.75) is 32.2 Å². The van der Waals surface area contributed by atoms with Gasteiger partial charge in [-0.25, -0.2) is 4.39 Å². The van der Waals surface area contributed by atoms with E-state index >= 15 is 0 Å². The molecular weight excluding hydrogens is 441 g/mol. The van der Waals surface area contributed by atoms with Gasteiger partial charge in [0.25, 0.3) is 5.91 Å². The molecule has 1 saturated heterocycles. The highest BCUT2D eigenvalue weighted by atomic mass is 19.1. The van der Waals surface area contributed by atoms with Gasteiger partial charge in [-0.3, -0.25) is 9.59 Å². The van der Waals surface area contributed by atoms with Crippen LogP contribution in [-0.2, 0) is 17.8 Å². The van der Waals surface area contributed by atoms with Crippen molar-refractivity contribution < 1.29 is 14.0 Å². The summed E-state index contributed by atoms with van der Waals surface area (Å²) in [6.45, 7) is 4.02. The first kappa shape index (κ1) is 24.6. The van der Waals surface area contributed by atoms with Crippen molar-refractivity contribution in [1.29, 1.82) is 0 Å². The first-order valence-electron chi connectivity index (χ1n) is 12.3. The van der Waals surface area contributed by atoms with E-state index in [0.717, 1.165) is 25.2 Å². The molecule has 4 rings (SSSR count). The van der Waals surface area contributed by atoms with Crippen LogP contribution in [0.1, 0.15) is 40.7 Å². The SMILES string of the molecule is O=C(Cc1ccc(N(Cc2cccc(F)c2)C(=O)c2ccccc2)cc1)NCCN1CCCCC1. The molecule has 0 aliphatic carbocycles. The molecule has 182 valence electrons. The number of likely N-dealkylation sites (tertiary alicyclic amines) is 1. The molecule has 1 aliphatic heterocycles. The van der Waals surface area contributed by atoms with Crippen LogP contribution in [0.5, 0.6) is 0 Å². The summed E-state index contributed by atoms with van der Waals surface area (Å²) in [5, 5.41) is 3.01. The van der Waals surface area contributed by atoms with Crippen molar-refractivity contribution in [1.82, 2.24) is 10.2 Å². The topological polar surface area (TPSA) is 52.7 Å². The number of benzene rings is 3. The van der Waals surface area contributed by atoms with Crippen molar-refractivity contribution in [3.05, 3.63) is 101 Å². The van der Waals surface area contributed by atoms with Gasteiger partial charge in [0, 0.05) is 24.3 Å². The van der Waals surface area contributed by atoms with Gasteiger partial charge >= 0.3 is 0 Å². The quantitative estimate of drug-likeness (QED) is 0.485. The minimum absolute atomic E-state index is 0.00765. The molecule has 0 radical (unpaired) electrons. The Morgan fingerprint density at radius 3 is 2.31 bits per heavy atom. The molecule has 1 fully saturated rings. The highest BCUT2D eigenvalue weighted by Gasteiger charge is 2.19. The normalized spacial score (nSPS) is 13.9. The lowest BCUT2D eigenvalue weighted by Gasteiger charge is -2.26. The minimum atomic E-state index is -0.337. The summed E-state index contributed by atoms with van der Waals surface area (Å²) in [5.74, 6) is -0.513. The summed E-state index contributed by atoms with van der Waals surface area (Å²) < 4.78 is 13.8. The Morgan fingerprint density at radius 2 is 1.60 bits per heavy atom. The van der Waals surface area contributed by atoms with Crippen LogP contribution >= 0.6 is 0 Å². The highest BCUT2D eigenvalue weighted by Crippen LogP contribution is 2.22. The number of hydrogen-bond donors (Lipinski definition) is 1. The van der Waals surface area contributed by atoms with E-state index in [0.29, 0.717) is 23.4 Å². The third kappa shape index (κ3) is 7.23. The molecule has 2 amide bonds. The Morgan fingerprint density at radius 1 is 0.857 bits per heavy atom. The van der Waals surface area contributed by atoms with E-state index in [9.17, 15) is 14.0 Å². The molecule has 0 atom stereocenters. The second kappa shape index (κ2) is 12.3. The number of anilines is 1. The number of amides is 2. The lowest BCUT2D eigenvalue weighted by molar-refractivity contribution is -0.120. The number of carbonyl (C=O) groups is 2. The maximum Gasteiger partial charge on any atom is 0.258 e. The highest BCUT2D eigenvalue weighted by molar-refractivity contribution is 6.06. The molecule has 0 spiro atoms. The van der Waals surface area contributed by atoms with Gasteiger partial charge in [0.1, 0.15) is 5.82 Å². The van der Waals surface area contributed by atoms with Crippen LogP contribution < -0.4 is 10.2 Å². The van der Waals surface area contributed by atoms with Gasteiger partial charge in [-0.2, -0.15) is 0 Å². The minimum Gasteiger partial charge on any atom is -0.355 e. The predicted octanol–water partition coefficient (Wildman–Crippen LogP) is 4.82. The first-order valence-corrected chi connectivity index (χ1v) is 12.3. The van der Waals surface area contributed by atoms with E-state index in [1.54, 1.807) is 29.2 Å². The fraction of sp³-hybridized carbons (Fsp3) is 0.310. The number of piperidine rings is 1. The lowest BCUT2D eigenvalue weighted by Crippen LogP contribution is -2.38. The van der Waals surface area contributed by atoms with Crippen molar-refractivity contribution in [3.8, 4) is 0 Å². The summed E-state index contributed by atoms with van der Waals surface area (Å²) in [6.07, 6.45) is 4.07. The van der Waals surface area contributed by atoms with Gasteiger partial charge in [0.15, 0.2) is 0 Å². The molecule has 0 saturated carbocycles. The maximum absolute atomic E-state index is 13.8. The van der Waals surface area contributed by atoms with Gasteiger partial charge in [-0.1, -0.05) is 48.9 Å². The van der Waals surface area contributed by atoms with Crippen LogP contribution in [0, 0.1) is 5.82 Å². The molecule has 0 unspecified atom stereocenters. The summed E-state index contributed by atoms with van der Waals surface area (Å²) in [7, 11) is 0. The van der Waals surface area contributed by atoms with Crippen molar-refractivity contribution in [3.63, 3.8) is 0 Å². The van der Waals surface area contributed by atoms with Crippen LogP contribution in [0.2, 0.25) is 0 Å². The van der Waals surface area contributed by atoms with E-state index in [4.69, 9.17) is 0 Å². The van der Waals surface area contributed by atoms with Crippen LogP contribution in [0.25, 0.3) is 0 Å². The zero-order valence-electron chi connectivity index (χ0n) is 20.0. The third-order valence-corrected chi connectivity index (χ3v) is 6.31. The molecule has 1 aliphatic rings. The van der Waals surface area contributed by atoms with Crippen molar-refractivity contribution in [2.75, 3.05) is 31.1 Å². The fourth-order valence-electron chi connectivity index (χ4n) is 4.41. The summed E-state index contributed by atoms with van der Waals surface area (Å²) in [5.41, 5.74) is 2.83. The number of rotatable bonds is 9. The monoisotopic (exact) mass is 473 g/mol. The van der Waals surface area contributed by atoms with E-state index in [1.165, 1.54) is 31.4 Å². The molecule has 5 nitrogen and oxygen atoms in total. The molecule has 1 N–H and O–H groups in total. The van der Waals surface area contributed by atoms with Gasteiger partial charge in [0.05, 0.1) is 13.0 Å². The average Bonchev–Trinajstić information content (AvgIpc) is 2.89. The standard InChI is InChI=1S/C29H32FN3O2/c30-26-11-7-8-24(20-26)22-33(29(35)25-9-3-1-4-10-25)27-14-12-23(13-15-27)21-28(34)31-16-19-32-17-5-2-6-18-32/h1,3-4,7-15,20H,2,5-6,16-19,21-22H2,(H,31,34). The summed E-state index contributed by atoms with van der Waals surface area (Å²) in [6, 6.07) is 22.7.